The van der Waals surface area contributed by atoms with Gasteiger partial charge in [-0.15, -0.1) is 10.2 Å². The van der Waals surface area contributed by atoms with Gasteiger partial charge < -0.3 is 14.7 Å². The van der Waals surface area contributed by atoms with Gasteiger partial charge in [-0.2, -0.15) is 0 Å². The molecule has 0 aliphatic heterocycles. The summed E-state index contributed by atoms with van der Waals surface area (Å²) in [4.78, 5) is 12.5. The smallest absolute Gasteiger partial charge is 0.305 e. The second-order valence-electron chi connectivity index (χ2n) is 3.93. The number of aliphatic carboxylic acids is 1. The lowest BCUT2D eigenvalue weighted by atomic mass is 10.3. The van der Waals surface area contributed by atoms with E-state index in [0.29, 0.717) is 24.8 Å². The molecule has 0 unspecified atom stereocenters. The summed E-state index contributed by atoms with van der Waals surface area (Å²) in [5.74, 6) is -0.830. The molecule has 1 heterocycles. The fourth-order valence-corrected chi connectivity index (χ4v) is 2.19. The zero-order valence-electron chi connectivity index (χ0n) is 10.5. The summed E-state index contributed by atoms with van der Waals surface area (Å²) in [5, 5.41) is 18.2. The van der Waals surface area contributed by atoms with Crippen LogP contribution >= 0.6 is 11.3 Å². The SMILES string of the molecule is C=C(C)CN(CCC(=O)O)c1nnc(COC)s1. The van der Waals surface area contributed by atoms with Crippen molar-refractivity contribution in [2.45, 2.75) is 20.0 Å². The molecule has 1 aromatic rings. The molecule has 0 saturated carbocycles. The van der Waals surface area contributed by atoms with Crippen molar-refractivity contribution in [1.29, 1.82) is 0 Å². The number of aromatic nitrogens is 2. The van der Waals surface area contributed by atoms with E-state index in [9.17, 15) is 4.79 Å². The highest BCUT2D eigenvalue weighted by Gasteiger charge is 2.14. The van der Waals surface area contributed by atoms with E-state index < -0.39 is 5.97 Å². The van der Waals surface area contributed by atoms with E-state index in [1.807, 2.05) is 11.8 Å². The minimum atomic E-state index is -0.830. The second kappa shape index (κ2) is 7.07. The first-order valence-corrected chi connectivity index (χ1v) is 6.27. The Balaban J connectivity index is 2.72. The van der Waals surface area contributed by atoms with E-state index in [1.165, 1.54) is 11.3 Å². The Bertz CT molecular complexity index is 419. The molecule has 0 radical (unpaired) electrons. The Morgan fingerprint density at radius 3 is 2.83 bits per heavy atom. The first-order chi connectivity index (χ1) is 8.52. The van der Waals surface area contributed by atoms with Crippen LogP contribution in [0.4, 0.5) is 5.13 Å². The second-order valence-corrected chi connectivity index (χ2v) is 4.97. The van der Waals surface area contributed by atoms with Crippen LogP contribution < -0.4 is 4.90 Å². The molecule has 0 fully saturated rings. The van der Waals surface area contributed by atoms with Gasteiger partial charge in [-0.25, -0.2) is 0 Å². The maximum atomic E-state index is 10.6. The average Bonchev–Trinajstić information content (AvgIpc) is 2.72. The minimum absolute atomic E-state index is 0.0620. The number of hydrogen-bond donors (Lipinski definition) is 1. The van der Waals surface area contributed by atoms with Crippen molar-refractivity contribution in [3.63, 3.8) is 0 Å². The predicted octanol–water partition coefficient (Wildman–Crippen LogP) is 1.54. The van der Waals surface area contributed by atoms with Crippen LogP contribution in [0, 0.1) is 0 Å². The van der Waals surface area contributed by atoms with Gasteiger partial charge in [0, 0.05) is 20.2 Å². The van der Waals surface area contributed by atoms with Crippen LogP contribution in [-0.2, 0) is 16.1 Å². The molecule has 0 amide bonds. The van der Waals surface area contributed by atoms with Gasteiger partial charge in [-0.3, -0.25) is 4.79 Å². The molecule has 0 bridgehead atoms. The van der Waals surface area contributed by atoms with Crippen molar-refractivity contribution in [1.82, 2.24) is 10.2 Å². The third-order valence-electron chi connectivity index (χ3n) is 2.05. The van der Waals surface area contributed by atoms with E-state index in [1.54, 1.807) is 7.11 Å². The number of anilines is 1. The predicted molar refractivity (Wildman–Crippen MR) is 69.9 cm³/mol. The zero-order chi connectivity index (χ0) is 13.5. The summed E-state index contributed by atoms with van der Waals surface area (Å²) in [6.45, 7) is 7.11. The van der Waals surface area contributed by atoms with Crippen LogP contribution in [-0.4, -0.2) is 41.5 Å². The number of carboxylic acids is 1. The quantitative estimate of drug-likeness (QED) is 0.723. The van der Waals surface area contributed by atoms with Gasteiger partial charge >= 0.3 is 5.97 Å². The van der Waals surface area contributed by atoms with Crippen LogP contribution in [0.5, 0.6) is 0 Å². The molecule has 1 aromatic heterocycles. The van der Waals surface area contributed by atoms with Gasteiger partial charge in [0.05, 0.1) is 6.42 Å². The zero-order valence-corrected chi connectivity index (χ0v) is 11.4. The van der Waals surface area contributed by atoms with Crippen LogP contribution in [0.2, 0.25) is 0 Å². The lowest BCUT2D eigenvalue weighted by Crippen LogP contribution is -2.27. The minimum Gasteiger partial charge on any atom is -0.481 e. The summed E-state index contributed by atoms with van der Waals surface area (Å²) < 4.78 is 4.98. The Labute approximate surface area is 110 Å². The standard InChI is InChI=1S/C11H17N3O3S/c1-8(2)6-14(5-4-10(15)16)11-13-12-9(18-11)7-17-3/h1,4-7H2,2-3H3,(H,15,16). The lowest BCUT2D eigenvalue weighted by molar-refractivity contribution is -0.136. The Hall–Kier alpha value is -1.47. The number of nitrogens with zero attached hydrogens (tertiary/aromatic N) is 3. The molecule has 18 heavy (non-hydrogen) atoms. The largest absolute Gasteiger partial charge is 0.481 e. The summed E-state index contributed by atoms with van der Waals surface area (Å²) in [6.07, 6.45) is 0.0620. The average molecular weight is 271 g/mol. The fraction of sp³-hybridized carbons (Fsp3) is 0.545. The number of rotatable bonds is 8. The monoisotopic (exact) mass is 271 g/mol. The molecule has 0 aliphatic carbocycles. The Kier molecular flexibility index (Phi) is 5.73. The maximum absolute atomic E-state index is 10.6. The van der Waals surface area contributed by atoms with Crippen LogP contribution in [0.3, 0.4) is 0 Å². The number of carboxylic acid groups (broad SMARTS) is 1. The van der Waals surface area contributed by atoms with Crippen molar-refractivity contribution in [3.05, 3.63) is 17.2 Å². The molecular formula is C11H17N3O3S. The van der Waals surface area contributed by atoms with Gasteiger partial charge in [0.2, 0.25) is 5.13 Å². The highest BCUT2D eigenvalue weighted by atomic mass is 32.1. The third kappa shape index (κ3) is 4.80. The Morgan fingerprint density at radius 1 is 1.56 bits per heavy atom. The summed E-state index contributed by atoms with van der Waals surface area (Å²) in [5.41, 5.74) is 0.948. The van der Waals surface area contributed by atoms with E-state index in [2.05, 4.69) is 16.8 Å². The first kappa shape index (κ1) is 14.6. The summed E-state index contributed by atoms with van der Waals surface area (Å²) in [7, 11) is 1.59. The molecule has 0 aromatic carbocycles. The summed E-state index contributed by atoms with van der Waals surface area (Å²) in [6, 6.07) is 0. The van der Waals surface area contributed by atoms with Gasteiger partial charge in [-0.05, 0) is 6.92 Å². The van der Waals surface area contributed by atoms with E-state index in [0.717, 1.165) is 10.6 Å². The number of ether oxygens (including phenoxy) is 1. The third-order valence-corrected chi connectivity index (χ3v) is 3.01. The maximum Gasteiger partial charge on any atom is 0.305 e. The van der Waals surface area contributed by atoms with Gasteiger partial charge in [0.1, 0.15) is 11.6 Å². The molecule has 0 spiro atoms. The molecule has 100 valence electrons. The van der Waals surface area contributed by atoms with Crippen molar-refractivity contribution >= 4 is 22.4 Å². The lowest BCUT2D eigenvalue weighted by Gasteiger charge is -2.20. The summed E-state index contributed by atoms with van der Waals surface area (Å²) >= 11 is 1.40. The van der Waals surface area contributed by atoms with Gasteiger partial charge in [0.25, 0.3) is 0 Å². The molecule has 0 atom stereocenters. The van der Waals surface area contributed by atoms with Crippen LogP contribution in [0.25, 0.3) is 0 Å². The van der Waals surface area contributed by atoms with Crippen molar-refractivity contribution in [3.8, 4) is 0 Å². The first-order valence-electron chi connectivity index (χ1n) is 5.45. The van der Waals surface area contributed by atoms with Crippen molar-refractivity contribution < 1.29 is 14.6 Å². The molecule has 0 aliphatic rings. The topological polar surface area (TPSA) is 75.6 Å². The van der Waals surface area contributed by atoms with E-state index in [4.69, 9.17) is 9.84 Å². The molecule has 1 rings (SSSR count). The molecular weight excluding hydrogens is 254 g/mol. The van der Waals surface area contributed by atoms with Crippen molar-refractivity contribution in [2.24, 2.45) is 0 Å². The van der Waals surface area contributed by atoms with Crippen molar-refractivity contribution in [2.75, 3.05) is 25.1 Å². The fourth-order valence-electron chi connectivity index (χ4n) is 1.35. The number of methoxy groups -OCH3 is 1. The highest BCUT2D eigenvalue weighted by Crippen LogP contribution is 2.21. The molecule has 1 N–H and O–H groups in total. The molecule has 6 nitrogen and oxygen atoms in total. The number of carbonyl (C=O) groups is 1. The van der Waals surface area contributed by atoms with Crippen LogP contribution in [0.1, 0.15) is 18.4 Å². The van der Waals surface area contributed by atoms with Gasteiger partial charge in [0.15, 0.2) is 0 Å². The van der Waals surface area contributed by atoms with E-state index in [-0.39, 0.29) is 6.42 Å². The van der Waals surface area contributed by atoms with Gasteiger partial charge in [-0.1, -0.05) is 23.5 Å². The number of hydrogen-bond acceptors (Lipinski definition) is 6. The normalized spacial score (nSPS) is 10.3. The molecule has 7 heteroatoms. The highest BCUT2D eigenvalue weighted by molar-refractivity contribution is 7.15. The Morgan fingerprint density at radius 2 is 2.28 bits per heavy atom. The molecule has 0 saturated heterocycles. The van der Waals surface area contributed by atoms with Crippen LogP contribution in [0.15, 0.2) is 12.2 Å². The van der Waals surface area contributed by atoms with E-state index >= 15 is 0 Å².